The quantitative estimate of drug-likeness (QED) is 0.876. The van der Waals surface area contributed by atoms with Crippen LogP contribution in [-0.2, 0) is 6.42 Å². The third-order valence-corrected chi connectivity index (χ3v) is 2.49. The number of rotatable bonds is 5. The maximum Gasteiger partial charge on any atom is 0.354 e. The molecule has 2 N–H and O–H groups in total. The molecule has 0 amide bonds. The predicted octanol–water partition coefficient (Wildman–Crippen LogP) is 2.11. The van der Waals surface area contributed by atoms with Crippen molar-refractivity contribution in [2.24, 2.45) is 0 Å². The van der Waals surface area contributed by atoms with Crippen molar-refractivity contribution in [1.82, 2.24) is 9.97 Å². The summed E-state index contributed by atoms with van der Waals surface area (Å²) >= 11 is 0. The SMILES string of the molecule is O=C(O)c1ccnc(NCCc2cc(F)cc(F)c2)n1. The van der Waals surface area contributed by atoms with Crippen molar-refractivity contribution in [3.8, 4) is 0 Å². The number of aromatic nitrogens is 2. The van der Waals surface area contributed by atoms with Crippen molar-refractivity contribution in [2.45, 2.75) is 6.42 Å². The summed E-state index contributed by atoms with van der Waals surface area (Å²) in [6.07, 6.45) is 1.68. The molecule has 0 spiro atoms. The monoisotopic (exact) mass is 279 g/mol. The number of carboxylic acid groups (broad SMARTS) is 1. The van der Waals surface area contributed by atoms with Crippen LogP contribution in [0.25, 0.3) is 0 Å². The molecule has 7 heteroatoms. The summed E-state index contributed by atoms with van der Waals surface area (Å²) in [7, 11) is 0. The number of benzene rings is 1. The Hall–Kier alpha value is -2.57. The number of nitrogens with zero attached hydrogens (tertiary/aromatic N) is 2. The first-order valence-corrected chi connectivity index (χ1v) is 5.80. The normalized spacial score (nSPS) is 10.3. The average molecular weight is 279 g/mol. The van der Waals surface area contributed by atoms with Gasteiger partial charge in [-0.2, -0.15) is 0 Å². The fraction of sp³-hybridized carbons (Fsp3) is 0.154. The van der Waals surface area contributed by atoms with Crippen LogP contribution in [-0.4, -0.2) is 27.6 Å². The van der Waals surface area contributed by atoms with Crippen LogP contribution in [0, 0.1) is 11.6 Å². The Morgan fingerprint density at radius 2 is 1.95 bits per heavy atom. The smallest absolute Gasteiger partial charge is 0.354 e. The molecule has 0 fully saturated rings. The van der Waals surface area contributed by atoms with Gasteiger partial charge in [0.15, 0.2) is 5.69 Å². The van der Waals surface area contributed by atoms with Gasteiger partial charge >= 0.3 is 5.97 Å². The van der Waals surface area contributed by atoms with Gasteiger partial charge in [0.25, 0.3) is 0 Å². The standard InChI is InChI=1S/C13H11F2N3O2/c14-9-5-8(6-10(15)7-9)1-3-16-13-17-4-2-11(18-13)12(19)20/h2,4-7H,1,3H2,(H,19,20)(H,16,17,18). The predicted molar refractivity (Wildman–Crippen MR) is 67.5 cm³/mol. The number of anilines is 1. The summed E-state index contributed by atoms with van der Waals surface area (Å²) in [5.41, 5.74) is 0.365. The van der Waals surface area contributed by atoms with Crippen LogP contribution in [0.2, 0.25) is 0 Å². The van der Waals surface area contributed by atoms with Crippen molar-refractivity contribution in [2.75, 3.05) is 11.9 Å². The number of halogens is 2. The lowest BCUT2D eigenvalue weighted by molar-refractivity contribution is 0.0690. The van der Waals surface area contributed by atoms with E-state index in [2.05, 4.69) is 15.3 Å². The highest BCUT2D eigenvalue weighted by molar-refractivity contribution is 5.85. The fourth-order valence-electron chi connectivity index (χ4n) is 1.64. The number of hydrogen-bond donors (Lipinski definition) is 2. The summed E-state index contributed by atoms with van der Waals surface area (Å²) < 4.78 is 25.9. The zero-order valence-corrected chi connectivity index (χ0v) is 10.3. The van der Waals surface area contributed by atoms with Gasteiger partial charge < -0.3 is 10.4 Å². The van der Waals surface area contributed by atoms with Gasteiger partial charge in [-0.3, -0.25) is 0 Å². The largest absolute Gasteiger partial charge is 0.477 e. The first-order valence-electron chi connectivity index (χ1n) is 5.80. The summed E-state index contributed by atoms with van der Waals surface area (Å²) in [5, 5.41) is 11.6. The molecule has 0 aliphatic carbocycles. The van der Waals surface area contributed by atoms with E-state index < -0.39 is 17.6 Å². The minimum atomic E-state index is -1.15. The Balaban J connectivity index is 1.95. The lowest BCUT2D eigenvalue weighted by atomic mass is 10.1. The van der Waals surface area contributed by atoms with Crippen LogP contribution in [0.3, 0.4) is 0 Å². The first kappa shape index (κ1) is 13.9. The first-order chi connectivity index (χ1) is 9.54. The zero-order chi connectivity index (χ0) is 14.5. The van der Waals surface area contributed by atoms with Gasteiger partial charge in [-0.25, -0.2) is 23.5 Å². The van der Waals surface area contributed by atoms with Crippen molar-refractivity contribution in [3.05, 3.63) is 53.4 Å². The zero-order valence-electron chi connectivity index (χ0n) is 10.3. The molecule has 1 heterocycles. The van der Waals surface area contributed by atoms with E-state index in [0.717, 1.165) is 6.07 Å². The van der Waals surface area contributed by atoms with Crippen molar-refractivity contribution < 1.29 is 18.7 Å². The second kappa shape index (κ2) is 6.05. The summed E-state index contributed by atoms with van der Waals surface area (Å²) in [6.45, 7) is 0.325. The van der Waals surface area contributed by atoms with E-state index in [0.29, 0.717) is 18.5 Å². The van der Waals surface area contributed by atoms with Crippen LogP contribution < -0.4 is 5.32 Å². The van der Waals surface area contributed by atoms with Gasteiger partial charge in [0.1, 0.15) is 11.6 Å². The van der Waals surface area contributed by atoms with Gasteiger partial charge in [0, 0.05) is 18.8 Å². The molecule has 0 aliphatic rings. The van der Waals surface area contributed by atoms with Crippen LogP contribution in [0.5, 0.6) is 0 Å². The fourth-order valence-corrected chi connectivity index (χ4v) is 1.64. The van der Waals surface area contributed by atoms with E-state index in [-0.39, 0.29) is 11.6 Å². The average Bonchev–Trinajstić information content (AvgIpc) is 2.38. The molecule has 0 bridgehead atoms. The molecule has 0 saturated carbocycles. The Kier molecular flexibility index (Phi) is 4.19. The highest BCUT2D eigenvalue weighted by atomic mass is 19.1. The number of hydrogen-bond acceptors (Lipinski definition) is 4. The highest BCUT2D eigenvalue weighted by Gasteiger charge is 2.06. The van der Waals surface area contributed by atoms with E-state index in [4.69, 9.17) is 5.11 Å². The molecule has 1 aromatic heterocycles. The Labute approximate surface area is 113 Å². The van der Waals surface area contributed by atoms with Crippen LogP contribution in [0.1, 0.15) is 16.1 Å². The van der Waals surface area contributed by atoms with Gasteiger partial charge in [0.2, 0.25) is 5.95 Å². The maximum atomic E-state index is 13.0. The molecule has 0 saturated heterocycles. The highest BCUT2D eigenvalue weighted by Crippen LogP contribution is 2.09. The molecule has 0 unspecified atom stereocenters. The number of nitrogens with one attached hydrogen (secondary N) is 1. The molecule has 0 atom stereocenters. The van der Waals surface area contributed by atoms with Crippen LogP contribution in [0.15, 0.2) is 30.5 Å². The van der Waals surface area contributed by atoms with Gasteiger partial charge in [-0.1, -0.05) is 0 Å². The Bertz CT molecular complexity index is 615. The van der Waals surface area contributed by atoms with Crippen LogP contribution >= 0.6 is 0 Å². The maximum absolute atomic E-state index is 13.0. The molecular weight excluding hydrogens is 268 g/mol. The molecular formula is C13H11F2N3O2. The van der Waals surface area contributed by atoms with Gasteiger partial charge in [-0.15, -0.1) is 0 Å². The van der Waals surface area contributed by atoms with E-state index >= 15 is 0 Å². The lowest BCUT2D eigenvalue weighted by Gasteiger charge is -2.05. The lowest BCUT2D eigenvalue weighted by Crippen LogP contribution is -2.10. The number of carbonyl (C=O) groups is 1. The van der Waals surface area contributed by atoms with Crippen molar-refractivity contribution >= 4 is 11.9 Å². The number of carboxylic acids is 1. The number of aromatic carboxylic acids is 1. The molecule has 0 aliphatic heterocycles. The Morgan fingerprint density at radius 3 is 2.60 bits per heavy atom. The summed E-state index contributed by atoms with van der Waals surface area (Å²) in [6, 6.07) is 4.55. The van der Waals surface area contributed by atoms with Crippen LogP contribution in [0.4, 0.5) is 14.7 Å². The second-order valence-corrected chi connectivity index (χ2v) is 4.03. The molecule has 1 aromatic carbocycles. The second-order valence-electron chi connectivity index (χ2n) is 4.03. The molecule has 2 aromatic rings. The molecule has 5 nitrogen and oxygen atoms in total. The topological polar surface area (TPSA) is 75.1 Å². The minimum absolute atomic E-state index is 0.126. The minimum Gasteiger partial charge on any atom is -0.477 e. The molecule has 104 valence electrons. The van der Waals surface area contributed by atoms with E-state index in [1.165, 1.54) is 24.4 Å². The third kappa shape index (κ3) is 3.71. The van der Waals surface area contributed by atoms with Gasteiger partial charge in [-0.05, 0) is 30.2 Å². The summed E-state index contributed by atoms with van der Waals surface area (Å²) in [4.78, 5) is 18.3. The van der Waals surface area contributed by atoms with Gasteiger partial charge in [0.05, 0.1) is 0 Å². The Morgan fingerprint density at radius 1 is 1.25 bits per heavy atom. The van der Waals surface area contributed by atoms with Crippen molar-refractivity contribution in [1.29, 1.82) is 0 Å². The molecule has 0 radical (unpaired) electrons. The molecule has 2 rings (SSSR count). The molecule has 20 heavy (non-hydrogen) atoms. The van der Waals surface area contributed by atoms with E-state index in [9.17, 15) is 13.6 Å². The van der Waals surface area contributed by atoms with E-state index in [1.54, 1.807) is 0 Å². The van der Waals surface area contributed by atoms with Crippen molar-refractivity contribution in [3.63, 3.8) is 0 Å². The summed E-state index contributed by atoms with van der Waals surface area (Å²) in [5.74, 6) is -2.27. The third-order valence-electron chi connectivity index (χ3n) is 2.49. The van der Waals surface area contributed by atoms with E-state index in [1.807, 2.05) is 0 Å².